The van der Waals surface area contributed by atoms with E-state index in [0.29, 0.717) is 67.5 Å². The van der Waals surface area contributed by atoms with Gasteiger partial charge in [-0.3, -0.25) is 9.59 Å². The highest BCUT2D eigenvalue weighted by molar-refractivity contribution is 6.11. The number of carbonyl (C=O) groups is 2. The molecular weight excluding hydrogens is 576 g/mol. The molecule has 4 aromatic rings. The summed E-state index contributed by atoms with van der Waals surface area (Å²) >= 11 is 0. The van der Waals surface area contributed by atoms with E-state index >= 15 is 0 Å². The van der Waals surface area contributed by atoms with Gasteiger partial charge < -0.3 is 39.1 Å². The van der Waals surface area contributed by atoms with E-state index in [-0.39, 0.29) is 18.4 Å². The van der Waals surface area contributed by atoms with Crippen LogP contribution in [0.15, 0.2) is 72.8 Å². The van der Waals surface area contributed by atoms with Crippen molar-refractivity contribution in [1.29, 1.82) is 0 Å². The van der Waals surface area contributed by atoms with Gasteiger partial charge in [-0.1, -0.05) is 36.4 Å². The van der Waals surface area contributed by atoms with E-state index in [0.717, 1.165) is 40.0 Å². The molecule has 0 saturated carbocycles. The summed E-state index contributed by atoms with van der Waals surface area (Å²) in [5.41, 5.74) is 3.56. The molecule has 10 nitrogen and oxygen atoms in total. The molecule has 6 heterocycles. The highest BCUT2D eigenvalue weighted by Gasteiger charge is 2.56. The Morgan fingerprint density at radius 3 is 1.87 bits per heavy atom. The summed E-state index contributed by atoms with van der Waals surface area (Å²) in [5.74, 6) is 3.94. The SMILES string of the molecule is O=C1Nc2ccccc2C12COc1cc3c(cc12)OCCCO3.O=C1Nc2ccccc2C12COc1ccc3c(c12)OCCO3. The van der Waals surface area contributed by atoms with Gasteiger partial charge in [0.1, 0.15) is 48.8 Å². The summed E-state index contributed by atoms with van der Waals surface area (Å²) in [5, 5.41) is 5.93. The number of nitrogens with one attached hydrogen (secondary N) is 2. The number of anilines is 2. The van der Waals surface area contributed by atoms with Crippen molar-refractivity contribution < 1.29 is 38.0 Å². The Balaban J connectivity index is 0.000000125. The van der Waals surface area contributed by atoms with Gasteiger partial charge in [0, 0.05) is 29.4 Å². The normalized spacial score (nSPS) is 23.7. The minimum absolute atomic E-state index is 0.0491. The van der Waals surface area contributed by atoms with Gasteiger partial charge in [-0.15, -0.1) is 0 Å². The van der Waals surface area contributed by atoms with Crippen molar-refractivity contribution in [2.75, 3.05) is 50.3 Å². The highest BCUT2D eigenvalue weighted by atomic mass is 16.6. The molecule has 0 radical (unpaired) electrons. The number of benzene rings is 4. The van der Waals surface area contributed by atoms with Crippen LogP contribution < -0.4 is 39.1 Å². The average Bonchev–Trinajstić information content (AvgIpc) is 3.75. The third kappa shape index (κ3) is 3.56. The molecule has 2 N–H and O–H groups in total. The maximum atomic E-state index is 12.8. The quantitative estimate of drug-likeness (QED) is 0.300. The topological polar surface area (TPSA) is 114 Å². The fraction of sp³-hybridized carbons (Fsp3) is 0.257. The van der Waals surface area contributed by atoms with Crippen molar-refractivity contribution in [2.24, 2.45) is 0 Å². The molecular formula is C35H28N2O8. The molecule has 4 aromatic carbocycles. The van der Waals surface area contributed by atoms with Crippen molar-refractivity contribution >= 4 is 23.2 Å². The van der Waals surface area contributed by atoms with Gasteiger partial charge in [-0.05, 0) is 41.5 Å². The van der Waals surface area contributed by atoms with Gasteiger partial charge in [0.15, 0.2) is 23.0 Å². The van der Waals surface area contributed by atoms with Crippen molar-refractivity contribution in [2.45, 2.75) is 17.3 Å². The molecule has 6 aliphatic heterocycles. The van der Waals surface area contributed by atoms with E-state index in [2.05, 4.69) is 10.6 Å². The molecule has 2 atom stereocenters. The van der Waals surface area contributed by atoms with Gasteiger partial charge in [-0.25, -0.2) is 0 Å². The van der Waals surface area contributed by atoms with Gasteiger partial charge in [0.25, 0.3) is 0 Å². The second kappa shape index (κ2) is 9.56. The van der Waals surface area contributed by atoms with Crippen LogP contribution in [0.2, 0.25) is 0 Å². The standard InChI is InChI=1S/C18H15NO4.C17H13NO4/c20-17-18(11-4-1-2-5-13(11)19-17)10-23-14-9-16-15(8-12(14)18)21-6-3-7-22-16;19-16-17(10-3-1-2-4-11(10)18-16)9-22-12-5-6-13-15(14(12)17)21-8-7-20-13/h1-2,4-5,8-9H,3,6-7,10H2,(H,19,20);1-6H,7-9H2,(H,18,19). The summed E-state index contributed by atoms with van der Waals surface area (Å²) in [4.78, 5) is 25.6. The number of hydrogen-bond acceptors (Lipinski definition) is 8. The van der Waals surface area contributed by atoms with Crippen molar-refractivity contribution in [3.63, 3.8) is 0 Å². The number of ether oxygens (including phenoxy) is 6. The number of para-hydroxylation sites is 2. The largest absolute Gasteiger partial charge is 0.491 e. The van der Waals surface area contributed by atoms with Crippen LogP contribution in [0.4, 0.5) is 11.4 Å². The van der Waals surface area contributed by atoms with E-state index in [1.54, 1.807) is 0 Å². The summed E-state index contributed by atoms with van der Waals surface area (Å²) in [7, 11) is 0. The fourth-order valence-electron chi connectivity index (χ4n) is 7.22. The molecule has 0 aliphatic carbocycles. The highest BCUT2D eigenvalue weighted by Crippen LogP contribution is 2.56. The van der Waals surface area contributed by atoms with Gasteiger partial charge in [-0.2, -0.15) is 0 Å². The molecule has 0 bridgehead atoms. The monoisotopic (exact) mass is 604 g/mol. The van der Waals surface area contributed by atoms with Gasteiger partial charge in [0.05, 0.1) is 18.8 Å². The van der Waals surface area contributed by atoms with Crippen LogP contribution in [0.1, 0.15) is 28.7 Å². The van der Waals surface area contributed by atoms with Crippen LogP contribution in [-0.2, 0) is 20.4 Å². The summed E-state index contributed by atoms with van der Waals surface area (Å²) in [6.07, 6.45) is 0.842. The zero-order valence-electron chi connectivity index (χ0n) is 24.1. The number of rotatable bonds is 0. The van der Waals surface area contributed by atoms with Crippen LogP contribution in [0.5, 0.6) is 34.5 Å². The van der Waals surface area contributed by atoms with E-state index in [9.17, 15) is 9.59 Å². The Labute approximate surface area is 258 Å². The Morgan fingerprint density at radius 1 is 0.511 bits per heavy atom. The van der Waals surface area contributed by atoms with Crippen LogP contribution in [0.25, 0.3) is 0 Å². The first-order valence-corrected chi connectivity index (χ1v) is 15.0. The minimum atomic E-state index is -0.849. The van der Waals surface area contributed by atoms with E-state index in [1.807, 2.05) is 72.8 Å². The lowest BCUT2D eigenvalue weighted by Crippen LogP contribution is -2.38. The number of hydrogen-bond donors (Lipinski definition) is 2. The Morgan fingerprint density at radius 2 is 1.09 bits per heavy atom. The number of carbonyl (C=O) groups excluding carboxylic acids is 2. The second-order valence-corrected chi connectivity index (χ2v) is 11.7. The van der Waals surface area contributed by atoms with Crippen molar-refractivity contribution in [1.82, 2.24) is 0 Å². The summed E-state index contributed by atoms with van der Waals surface area (Å²) < 4.78 is 34.7. The molecule has 6 aliphatic rings. The summed E-state index contributed by atoms with van der Waals surface area (Å²) in [6.45, 7) is 2.81. The Hall–Kier alpha value is -5.38. The molecule has 226 valence electrons. The smallest absolute Gasteiger partial charge is 0.243 e. The van der Waals surface area contributed by atoms with Gasteiger partial charge in [0.2, 0.25) is 11.8 Å². The minimum Gasteiger partial charge on any atom is -0.491 e. The lowest BCUT2D eigenvalue weighted by molar-refractivity contribution is -0.120. The Kier molecular flexibility index (Phi) is 5.54. The molecule has 2 spiro atoms. The third-order valence-corrected chi connectivity index (χ3v) is 9.34. The van der Waals surface area contributed by atoms with E-state index in [4.69, 9.17) is 28.4 Å². The van der Waals surface area contributed by atoms with E-state index < -0.39 is 10.8 Å². The van der Waals surface area contributed by atoms with Crippen molar-refractivity contribution in [3.05, 3.63) is 95.1 Å². The Bertz CT molecular complexity index is 1920. The molecule has 10 rings (SSSR count). The predicted molar refractivity (Wildman–Crippen MR) is 162 cm³/mol. The molecule has 0 fully saturated rings. The first-order valence-electron chi connectivity index (χ1n) is 15.0. The molecule has 2 amide bonds. The third-order valence-electron chi connectivity index (χ3n) is 9.34. The first kappa shape index (κ1) is 26.1. The molecule has 0 aromatic heterocycles. The number of amides is 2. The second-order valence-electron chi connectivity index (χ2n) is 11.7. The molecule has 0 saturated heterocycles. The maximum Gasteiger partial charge on any atom is 0.243 e. The van der Waals surface area contributed by atoms with Crippen LogP contribution in [0.3, 0.4) is 0 Å². The zero-order valence-corrected chi connectivity index (χ0v) is 24.1. The molecule has 45 heavy (non-hydrogen) atoms. The molecule has 2 unspecified atom stereocenters. The van der Waals surface area contributed by atoms with Crippen LogP contribution in [-0.4, -0.2) is 51.5 Å². The maximum absolute atomic E-state index is 12.8. The summed E-state index contributed by atoms with van der Waals surface area (Å²) in [6, 6.07) is 22.9. The van der Waals surface area contributed by atoms with Crippen LogP contribution >= 0.6 is 0 Å². The van der Waals surface area contributed by atoms with Crippen molar-refractivity contribution in [3.8, 4) is 34.5 Å². The van der Waals surface area contributed by atoms with Crippen LogP contribution in [0, 0.1) is 0 Å². The fourth-order valence-corrected chi connectivity index (χ4v) is 7.22. The van der Waals surface area contributed by atoms with Gasteiger partial charge >= 0.3 is 0 Å². The lowest BCUT2D eigenvalue weighted by Gasteiger charge is -2.26. The number of fused-ring (bicyclic) bond motifs is 11. The predicted octanol–water partition coefficient (Wildman–Crippen LogP) is 4.57. The lowest BCUT2D eigenvalue weighted by atomic mass is 9.76. The average molecular weight is 605 g/mol. The zero-order chi connectivity index (χ0) is 30.2. The first-order chi connectivity index (χ1) is 22.1. The molecule has 10 heteroatoms. The van der Waals surface area contributed by atoms with E-state index in [1.165, 1.54) is 0 Å².